The van der Waals surface area contributed by atoms with Crippen LogP contribution in [-0.4, -0.2) is 37.0 Å². The molecule has 0 aromatic heterocycles. The third-order valence-electron chi connectivity index (χ3n) is 3.73. The van der Waals surface area contributed by atoms with E-state index in [1.54, 1.807) is 36.4 Å². The molecule has 0 fully saturated rings. The molecule has 1 aliphatic rings. The number of amides is 1. The predicted octanol–water partition coefficient (Wildman–Crippen LogP) is 2.84. The number of benzene rings is 2. The number of carbonyl (C=O) groups is 3. The second kappa shape index (κ2) is 7.90. The zero-order chi connectivity index (χ0) is 19.4. The molecule has 1 amide bonds. The summed E-state index contributed by atoms with van der Waals surface area (Å²) in [5.41, 5.74) is 1.06. The third kappa shape index (κ3) is 4.63. The van der Waals surface area contributed by atoms with Crippen LogP contribution in [0, 0.1) is 0 Å². The Morgan fingerprint density at radius 3 is 2.52 bits per heavy atom. The number of Topliss-reactive ketones (excluding diaryl/α,β-unsaturated/α-hetero) is 1. The van der Waals surface area contributed by atoms with E-state index in [-0.39, 0.29) is 24.4 Å². The van der Waals surface area contributed by atoms with Gasteiger partial charge >= 0.3 is 5.97 Å². The molecular weight excluding hydrogens is 350 g/mol. The lowest BCUT2D eigenvalue weighted by Gasteiger charge is -2.18. The highest BCUT2D eigenvalue weighted by molar-refractivity contribution is 6.02. The summed E-state index contributed by atoms with van der Waals surface area (Å²) in [5.74, 6) is -0.133. The van der Waals surface area contributed by atoms with Crippen molar-refractivity contribution in [2.75, 3.05) is 18.5 Å². The lowest BCUT2D eigenvalue weighted by molar-refractivity contribution is -0.118. The fourth-order valence-corrected chi connectivity index (χ4v) is 2.50. The number of carbonyl (C=O) groups excluding carboxylic acids is 3. The van der Waals surface area contributed by atoms with Crippen LogP contribution in [0.1, 0.15) is 34.6 Å². The molecule has 2 aromatic rings. The van der Waals surface area contributed by atoms with Gasteiger partial charge in [0.1, 0.15) is 11.5 Å². The Labute approximate surface area is 156 Å². The van der Waals surface area contributed by atoms with Crippen molar-refractivity contribution >= 4 is 23.3 Å². The second-order valence-corrected chi connectivity index (χ2v) is 6.24. The van der Waals surface area contributed by atoms with E-state index in [4.69, 9.17) is 14.2 Å². The molecule has 0 aliphatic carbocycles. The van der Waals surface area contributed by atoms with Crippen LogP contribution in [0.4, 0.5) is 5.69 Å². The van der Waals surface area contributed by atoms with Gasteiger partial charge < -0.3 is 19.5 Å². The van der Waals surface area contributed by atoms with Crippen molar-refractivity contribution in [1.82, 2.24) is 0 Å². The monoisotopic (exact) mass is 369 g/mol. The van der Waals surface area contributed by atoms with Crippen LogP contribution in [0.2, 0.25) is 0 Å². The van der Waals surface area contributed by atoms with E-state index in [9.17, 15) is 14.4 Å². The van der Waals surface area contributed by atoms with E-state index in [2.05, 4.69) is 5.32 Å². The number of nitrogens with one attached hydrogen (secondary N) is 1. The average molecular weight is 369 g/mol. The molecule has 27 heavy (non-hydrogen) atoms. The Morgan fingerprint density at radius 1 is 1.11 bits per heavy atom. The molecule has 2 aromatic carbocycles. The van der Waals surface area contributed by atoms with Crippen LogP contribution in [-0.2, 0) is 9.53 Å². The second-order valence-electron chi connectivity index (χ2n) is 6.24. The van der Waals surface area contributed by atoms with Crippen LogP contribution in [0.15, 0.2) is 42.5 Å². The molecule has 3 rings (SSSR count). The molecule has 1 N–H and O–H groups in total. The maximum Gasteiger partial charge on any atom is 0.338 e. The number of rotatable bonds is 6. The minimum atomic E-state index is -0.603. The van der Waals surface area contributed by atoms with Gasteiger partial charge in [-0.05, 0) is 56.3 Å². The zero-order valence-corrected chi connectivity index (χ0v) is 15.0. The zero-order valence-electron chi connectivity index (χ0n) is 15.0. The largest absolute Gasteiger partial charge is 0.491 e. The first-order chi connectivity index (χ1) is 12.9. The Morgan fingerprint density at radius 2 is 1.81 bits per heavy atom. The summed E-state index contributed by atoms with van der Waals surface area (Å²) >= 11 is 0. The van der Waals surface area contributed by atoms with Gasteiger partial charge in [0.05, 0.1) is 17.4 Å². The molecular formula is C20H19NO6. The Balaban J connectivity index is 1.59. The highest BCUT2D eigenvalue weighted by Crippen LogP contribution is 2.28. The standard InChI is InChI=1S/C20H19NO6/c1-12(2)27-15-6-3-13(4-7-15)20(24)26-10-17(22)14-5-8-18-16(9-14)21-19(23)11-25-18/h3-9,12H,10-11H2,1-2H3,(H,21,23). The highest BCUT2D eigenvalue weighted by Gasteiger charge is 2.19. The summed E-state index contributed by atoms with van der Waals surface area (Å²) in [6.07, 6.45) is 0.0345. The first kappa shape index (κ1) is 18.4. The molecule has 1 aliphatic heterocycles. The number of ketones is 1. The quantitative estimate of drug-likeness (QED) is 0.622. The van der Waals surface area contributed by atoms with E-state index in [0.717, 1.165) is 0 Å². The van der Waals surface area contributed by atoms with Crippen molar-refractivity contribution < 1.29 is 28.6 Å². The topological polar surface area (TPSA) is 90.9 Å². The number of esters is 1. The lowest BCUT2D eigenvalue weighted by Crippen LogP contribution is -2.25. The molecule has 0 radical (unpaired) electrons. The van der Waals surface area contributed by atoms with Crippen LogP contribution < -0.4 is 14.8 Å². The number of hydrogen-bond donors (Lipinski definition) is 1. The molecule has 0 saturated heterocycles. The van der Waals surface area contributed by atoms with Crippen molar-refractivity contribution in [2.45, 2.75) is 20.0 Å². The Kier molecular flexibility index (Phi) is 5.40. The minimum Gasteiger partial charge on any atom is -0.491 e. The number of anilines is 1. The number of hydrogen-bond acceptors (Lipinski definition) is 6. The van der Waals surface area contributed by atoms with Crippen molar-refractivity contribution in [1.29, 1.82) is 0 Å². The molecule has 140 valence electrons. The average Bonchev–Trinajstić information content (AvgIpc) is 2.65. The summed E-state index contributed by atoms with van der Waals surface area (Å²) in [4.78, 5) is 35.7. The summed E-state index contributed by atoms with van der Waals surface area (Å²) < 4.78 is 15.8. The van der Waals surface area contributed by atoms with Crippen molar-refractivity contribution in [3.63, 3.8) is 0 Å². The van der Waals surface area contributed by atoms with E-state index < -0.39 is 12.6 Å². The molecule has 1 heterocycles. The maximum atomic E-state index is 12.3. The number of fused-ring (bicyclic) bond motifs is 1. The third-order valence-corrected chi connectivity index (χ3v) is 3.73. The van der Waals surface area contributed by atoms with Gasteiger partial charge in [0, 0.05) is 5.56 Å². The summed E-state index contributed by atoms with van der Waals surface area (Å²) in [6.45, 7) is 3.35. The normalized spacial score (nSPS) is 12.6. The van der Waals surface area contributed by atoms with Crippen LogP contribution in [0.25, 0.3) is 0 Å². The van der Waals surface area contributed by atoms with Crippen molar-refractivity contribution in [3.8, 4) is 11.5 Å². The van der Waals surface area contributed by atoms with Gasteiger partial charge in [-0.15, -0.1) is 0 Å². The molecule has 0 bridgehead atoms. The minimum absolute atomic E-state index is 0.0345. The lowest BCUT2D eigenvalue weighted by atomic mass is 10.1. The van der Waals surface area contributed by atoms with E-state index in [1.165, 1.54) is 6.07 Å². The molecule has 0 saturated carbocycles. The molecule has 0 spiro atoms. The Bertz CT molecular complexity index is 873. The van der Waals surface area contributed by atoms with Gasteiger partial charge in [-0.1, -0.05) is 0 Å². The predicted molar refractivity (Wildman–Crippen MR) is 97.4 cm³/mol. The molecule has 0 atom stereocenters. The Hall–Kier alpha value is -3.35. The SMILES string of the molecule is CC(C)Oc1ccc(C(=O)OCC(=O)c2ccc3c(c2)NC(=O)CO3)cc1. The van der Waals surface area contributed by atoms with E-state index in [1.807, 2.05) is 13.8 Å². The van der Waals surface area contributed by atoms with Crippen LogP contribution >= 0.6 is 0 Å². The molecule has 7 nitrogen and oxygen atoms in total. The number of ether oxygens (including phenoxy) is 3. The smallest absolute Gasteiger partial charge is 0.338 e. The van der Waals surface area contributed by atoms with Crippen molar-refractivity contribution in [3.05, 3.63) is 53.6 Å². The van der Waals surface area contributed by atoms with Crippen LogP contribution in [0.5, 0.6) is 11.5 Å². The fraction of sp³-hybridized carbons (Fsp3) is 0.250. The maximum absolute atomic E-state index is 12.3. The van der Waals surface area contributed by atoms with Gasteiger partial charge in [0.25, 0.3) is 5.91 Å². The van der Waals surface area contributed by atoms with Gasteiger partial charge in [0.15, 0.2) is 19.0 Å². The van der Waals surface area contributed by atoms with Gasteiger partial charge in [-0.3, -0.25) is 9.59 Å². The summed E-state index contributed by atoms with van der Waals surface area (Å²) in [6, 6.07) is 11.2. The fourth-order valence-electron chi connectivity index (χ4n) is 2.50. The highest BCUT2D eigenvalue weighted by atomic mass is 16.5. The van der Waals surface area contributed by atoms with Gasteiger partial charge in [-0.25, -0.2) is 4.79 Å². The van der Waals surface area contributed by atoms with Crippen molar-refractivity contribution in [2.24, 2.45) is 0 Å². The van der Waals surface area contributed by atoms with E-state index in [0.29, 0.717) is 28.3 Å². The first-order valence-corrected chi connectivity index (χ1v) is 8.46. The van der Waals surface area contributed by atoms with Crippen LogP contribution in [0.3, 0.4) is 0 Å². The summed E-state index contributed by atoms with van der Waals surface area (Å²) in [5, 5.41) is 2.63. The first-order valence-electron chi connectivity index (χ1n) is 8.46. The summed E-state index contributed by atoms with van der Waals surface area (Å²) in [7, 11) is 0. The van der Waals surface area contributed by atoms with Gasteiger partial charge in [-0.2, -0.15) is 0 Å². The van der Waals surface area contributed by atoms with E-state index >= 15 is 0 Å². The molecule has 7 heteroatoms. The molecule has 0 unspecified atom stereocenters. The van der Waals surface area contributed by atoms with Gasteiger partial charge in [0.2, 0.25) is 0 Å².